The largest absolute Gasteiger partial charge is 0.368 e. The van der Waals surface area contributed by atoms with Crippen LogP contribution in [0.25, 0.3) is 0 Å². The average Bonchev–Trinajstić information content (AvgIpc) is 3.08. The molecule has 0 radical (unpaired) electrons. The van der Waals surface area contributed by atoms with Crippen molar-refractivity contribution >= 4 is 31.9 Å². The predicted octanol–water partition coefficient (Wildman–Crippen LogP) is 1.77. The molecule has 2 aliphatic rings. The Balaban J connectivity index is 1.68. The standard InChI is InChI=1S/C16H21BrN2O4S/c1-12-11-13(17)4-5-15(12)24(21,22)19-8-6-18(7-9-19)16(20)14-3-2-10-23-14/h4-5,11,14H,2-3,6-10H2,1H3/t14-/m0/s1. The molecule has 0 N–H and O–H groups in total. The smallest absolute Gasteiger partial charge is 0.251 e. The van der Waals surface area contributed by atoms with Crippen LogP contribution in [0.5, 0.6) is 0 Å². The van der Waals surface area contributed by atoms with Crippen molar-refractivity contribution in [3.05, 3.63) is 28.2 Å². The Bertz CT molecular complexity index is 724. The number of nitrogens with zero attached hydrogens (tertiary/aromatic N) is 2. The highest BCUT2D eigenvalue weighted by atomic mass is 79.9. The van der Waals surface area contributed by atoms with E-state index in [1.165, 1.54) is 4.31 Å². The van der Waals surface area contributed by atoms with E-state index >= 15 is 0 Å². The maximum Gasteiger partial charge on any atom is 0.251 e. The Hall–Kier alpha value is -0.960. The van der Waals surface area contributed by atoms with Crippen molar-refractivity contribution < 1.29 is 17.9 Å². The first-order chi connectivity index (χ1) is 11.4. The second kappa shape index (κ2) is 7.11. The molecule has 1 amide bonds. The van der Waals surface area contributed by atoms with Gasteiger partial charge >= 0.3 is 0 Å². The molecule has 2 heterocycles. The van der Waals surface area contributed by atoms with Crippen LogP contribution in [0.4, 0.5) is 0 Å². The highest BCUT2D eigenvalue weighted by Crippen LogP contribution is 2.24. The molecule has 24 heavy (non-hydrogen) atoms. The van der Waals surface area contributed by atoms with Crippen molar-refractivity contribution in [2.45, 2.75) is 30.8 Å². The normalized spacial score (nSPS) is 22.8. The van der Waals surface area contributed by atoms with Crippen molar-refractivity contribution in [1.29, 1.82) is 0 Å². The van der Waals surface area contributed by atoms with Crippen LogP contribution in [0.15, 0.2) is 27.6 Å². The van der Waals surface area contributed by atoms with Crippen molar-refractivity contribution in [3.63, 3.8) is 0 Å². The summed E-state index contributed by atoms with van der Waals surface area (Å²) in [4.78, 5) is 14.4. The number of benzene rings is 1. The second-order valence-corrected chi connectivity index (χ2v) is 8.96. The zero-order valence-corrected chi connectivity index (χ0v) is 16.0. The van der Waals surface area contributed by atoms with Gasteiger partial charge in [-0.3, -0.25) is 4.79 Å². The molecule has 6 nitrogen and oxygen atoms in total. The fourth-order valence-electron chi connectivity index (χ4n) is 3.17. The second-order valence-electron chi connectivity index (χ2n) is 6.14. The van der Waals surface area contributed by atoms with Gasteiger partial charge in [-0.05, 0) is 43.5 Å². The molecule has 0 aromatic heterocycles. The number of hydrogen-bond acceptors (Lipinski definition) is 4. The maximum absolute atomic E-state index is 12.8. The number of carbonyl (C=O) groups excluding carboxylic acids is 1. The molecular formula is C16H21BrN2O4S. The lowest BCUT2D eigenvalue weighted by molar-refractivity contribution is -0.142. The third-order valence-electron chi connectivity index (χ3n) is 4.51. The first-order valence-corrected chi connectivity index (χ1v) is 10.3. The van der Waals surface area contributed by atoms with E-state index in [2.05, 4.69) is 15.9 Å². The first-order valence-electron chi connectivity index (χ1n) is 8.06. The fraction of sp³-hybridized carbons (Fsp3) is 0.562. The van der Waals surface area contributed by atoms with Gasteiger partial charge in [0, 0.05) is 37.3 Å². The highest BCUT2D eigenvalue weighted by Gasteiger charge is 2.34. The summed E-state index contributed by atoms with van der Waals surface area (Å²) in [6.45, 7) is 3.87. The van der Waals surface area contributed by atoms with Gasteiger partial charge in [0.1, 0.15) is 6.10 Å². The van der Waals surface area contributed by atoms with Crippen LogP contribution in [-0.4, -0.2) is 62.4 Å². The summed E-state index contributed by atoms with van der Waals surface area (Å²) < 4.78 is 33.4. The number of aryl methyl sites for hydroxylation is 1. The molecule has 1 atom stereocenters. The van der Waals surface area contributed by atoms with Gasteiger partial charge in [-0.25, -0.2) is 8.42 Å². The summed E-state index contributed by atoms with van der Waals surface area (Å²) in [6.07, 6.45) is 1.32. The number of hydrogen-bond donors (Lipinski definition) is 0. The van der Waals surface area contributed by atoms with Crippen molar-refractivity contribution in [2.24, 2.45) is 0 Å². The minimum absolute atomic E-state index is 0.00984. The topological polar surface area (TPSA) is 66.9 Å². The number of piperazine rings is 1. The van der Waals surface area contributed by atoms with Crippen LogP contribution in [0.2, 0.25) is 0 Å². The lowest BCUT2D eigenvalue weighted by Crippen LogP contribution is -2.52. The van der Waals surface area contributed by atoms with Crippen LogP contribution in [-0.2, 0) is 19.6 Å². The van der Waals surface area contributed by atoms with E-state index in [9.17, 15) is 13.2 Å². The molecule has 2 aliphatic heterocycles. The molecule has 0 bridgehead atoms. The Morgan fingerprint density at radius 2 is 1.96 bits per heavy atom. The molecule has 2 fully saturated rings. The van der Waals surface area contributed by atoms with Gasteiger partial charge in [0.15, 0.2) is 0 Å². The number of rotatable bonds is 3. The zero-order valence-electron chi connectivity index (χ0n) is 13.6. The highest BCUT2D eigenvalue weighted by molar-refractivity contribution is 9.10. The number of amides is 1. The van der Waals surface area contributed by atoms with E-state index in [1.54, 1.807) is 30.0 Å². The van der Waals surface area contributed by atoms with Gasteiger partial charge in [0.25, 0.3) is 5.91 Å². The lowest BCUT2D eigenvalue weighted by Gasteiger charge is -2.35. The van der Waals surface area contributed by atoms with E-state index in [0.29, 0.717) is 43.2 Å². The third-order valence-corrected chi connectivity index (χ3v) is 7.06. The summed E-state index contributed by atoms with van der Waals surface area (Å²) in [5, 5.41) is 0. The van der Waals surface area contributed by atoms with Gasteiger partial charge in [-0.2, -0.15) is 4.31 Å². The lowest BCUT2D eigenvalue weighted by atomic mass is 10.2. The van der Waals surface area contributed by atoms with Crippen LogP contribution < -0.4 is 0 Å². The summed E-state index contributed by atoms with van der Waals surface area (Å²) in [5.74, 6) is -0.00984. The Labute approximate surface area is 150 Å². The quantitative estimate of drug-likeness (QED) is 0.752. The zero-order chi connectivity index (χ0) is 17.3. The van der Waals surface area contributed by atoms with E-state index in [-0.39, 0.29) is 12.0 Å². The van der Waals surface area contributed by atoms with Gasteiger partial charge in [0.2, 0.25) is 10.0 Å². The molecule has 2 saturated heterocycles. The van der Waals surface area contributed by atoms with E-state index in [4.69, 9.17) is 4.74 Å². The van der Waals surface area contributed by atoms with Crippen molar-refractivity contribution in [1.82, 2.24) is 9.21 Å². The SMILES string of the molecule is Cc1cc(Br)ccc1S(=O)(=O)N1CCN(C(=O)[C@@H]2CCCO2)CC1. The Morgan fingerprint density at radius 3 is 2.54 bits per heavy atom. The van der Waals surface area contributed by atoms with Crippen LogP contribution >= 0.6 is 15.9 Å². The molecule has 1 aromatic carbocycles. The fourth-order valence-corrected chi connectivity index (χ4v) is 5.27. The molecule has 1 aromatic rings. The van der Waals surface area contributed by atoms with E-state index < -0.39 is 10.0 Å². The number of ether oxygens (including phenoxy) is 1. The molecule has 0 unspecified atom stereocenters. The van der Waals surface area contributed by atoms with Gasteiger partial charge in [-0.1, -0.05) is 15.9 Å². The van der Waals surface area contributed by atoms with Crippen molar-refractivity contribution in [2.75, 3.05) is 32.8 Å². The molecule has 0 spiro atoms. The summed E-state index contributed by atoms with van der Waals surface area (Å²) in [5.41, 5.74) is 0.710. The van der Waals surface area contributed by atoms with Gasteiger partial charge in [0.05, 0.1) is 4.90 Å². The third kappa shape index (κ3) is 3.51. The number of halogens is 1. The molecule has 132 valence electrons. The van der Waals surface area contributed by atoms with E-state index in [1.807, 2.05) is 0 Å². The summed E-state index contributed by atoms with van der Waals surface area (Å²) in [6, 6.07) is 5.15. The van der Waals surface area contributed by atoms with Crippen molar-refractivity contribution in [3.8, 4) is 0 Å². The molecule has 0 saturated carbocycles. The number of carbonyl (C=O) groups is 1. The average molecular weight is 417 g/mol. The van der Waals surface area contributed by atoms with Crippen LogP contribution in [0, 0.1) is 6.92 Å². The van der Waals surface area contributed by atoms with Gasteiger partial charge in [-0.15, -0.1) is 0 Å². The molecule has 3 rings (SSSR count). The minimum Gasteiger partial charge on any atom is -0.368 e. The van der Waals surface area contributed by atoms with Gasteiger partial charge < -0.3 is 9.64 Å². The Kier molecular flexibility index (Phi) is 5.29. The predicted molar refractivity (Wildman–Crippen MR) is 93.2 cm³/mol. The summed E-state index contributed by atoms with van der Waals surface area (Å²) in [7, 11) is -3.53. The molecule has 8 heteroatoms. The monoisotopic (exact) mass is 416 g/mol. The van der Waals surface area contributed by atoms with Crippen LogP contribution in [0.1, 0.15) is 18.4 Å². The number of sulfonamides is 1. The maximum atomic E-state index is 12.8. The summed E-state index contributed by atoms with van der Waals surface area (Å²) >= 11 is 3.35. The minimum atomic E-state index is -3.53. The molecule has 0 aliphatic carbocycles. The van der Waals surface area contributed by atoms with Crippen LogP contribution in [0.3, 0.4) is 0 Å². The van der Waals surface area contributed by atoms with E-state index in [0.717, 1.165) is 17.3 Å². The Morgan fingerprint density at radius 1 is 1.25 bits per heavy atom. The molecular weight excluding hydrogens is 396 g/mol. The first kappa shape index (κ1) is 17.8.